The minimum atomic E-state index is 0.480. The summed E-state index contributed by atoms with van der Waals surface area (Å²) in [5, 5.41) is 0. The van der Waals surface area contributed by atoms with Crippen LogP contribution in [-0.4, -0.2) is 11.9 Å². The smallest absolute Gasteiger partial charge is 0.122 e. The van der Waals surface area contributed by atoms with Gasteiger partial charge in [-0.2, -0.15) is 0 Å². The van der Waals surface area contributed by atoms with Crippen molar-refractivity contribution in [2.45, 2.75) is 37.9 Å². The van der Waals surface area contributed by atoms with Gasteiger partial charge in [0.1, 0.15) is 5.75 Å². The van der Waals surface area contributed by atoms with E-state index in [1.54, 1.807) is 7.11 Å². The van der Waals surface area contributed by atoms with Gasteiger partial charge in [-0.15, -0.1) is 0 Å². The monoisotopic (exact) mass is 270 g/mol. The Bertz CT molecular complexity index is 318. The lowest BCUT2D eigenvalue weighted by Crippen LogP contribution is -2.01. The third-order valence-corrected chi connectivity index (χ3v) is 2.80. The number of hydrogen-bond donors (Lipinski definition) is 0. The van der Waals surface area contributed by atoms with E-state index in [0.29, 0.717) is 10.7 Å². The molecule has 1 rings (SSSR count). The molecule has 0 bridgehead atoms. The molecule has 0 saturated heterocycles. The van der Waals surface area contributed by atoms with Gasteiger partial charge in [0.05, 0.1) is 7.11 Å². The molecule has 0 aliphatic heterocycles. The van der Waals surface area contributed by atoms with E-state index in [0.717, 1.165) is 12.2 Å². The molecule has 1 atom stereocenters. The van der Waals surface area contributed by atoms with Gasteiger partial charge in [-0.1, -0.05) is 48.8 Å². The number of rotatable bonds is 4. The summed E-state index contributed by atoms with van der Waals surface area (Å²) in [6.45, 7) is 6.58. The minimum absolute atomic E-state index is 0.480. The second-order valence-electron chi connectivity index (χ2n) is 4.21. The molecular weight excluding hydrogens is 252 g/mol. The Morgan fingerprint density at radius 2 is 1.93 bits per heavy atom. The van der Waals surface area contributed by atoms with Gasteiger partial charge < -0.3 is 4.74 Å². The van der Waals surface area contributed by atoms with E-state index in [-0.39, 0.29) is 0 Å². The van der Waals surface area contributed by atoms with Crippen molar-refractivity contribution in [1.82, 2.24) is 0 Å². The van der Waals surface area contributed by atoms with Crippen molar-refractivity contribution in [2.75, 3.05) is 7.11 Å². The van der Waals surface area contributed by atoms with Crippen LogP contribution in [0, 0.1) is 0 Å². The summed E-state index contributed by atoms with van der Waals surface area (Å²) in [7, 11) is 1.73. The maximum Gasteiger partial charge on any atom is 0.122 e. The third-order valence-electron chi connectivity index (χ3n) is 2.47. The highest BCUT2D eigenvalue weighted by Gasteiger charge is 2.08. The number of ether oxygens (including phenoxy) is 1. The molecule has 0 heterocycles. The van der Waals surface area contributed by atoms with Gasteiger partial charge in [0.15, 0.2) is 0 Å². The lowest BCUT2D eigenvalue weighted by Gasteiger charge is -2.13. The summed E-state index contributed by atoms with van der Waals surface area (Å²) in [6.07, 6.45) is 1.00. The Labute approximate surface area is 101 Å². The van der Waals surface area contributed by atoms with Crippen molar-refractivity contribution in [3.05, 3.63) is 29.3 Å². The van der Waals surface area contributed by atoms with Gasteiger partial charge in [0.25, 0.3) is 0 Å². The second-order valence-corrected chi connectivity index (χ2v) is 5.77. The molecule has 0 aliphatic rings. The van der Waals surface area contributed by atoms with Crippen LogP contribution in [0.15, 0.2) is 18.2 Å². The highest BCUT2D eigenvalue weighted by Crippen LogP contribution is 2.26. The molecule has 1 aromatic rings. The molecule has 15 heavy (non-hydrogen) atoms. The average Bonchev–Trinajstić information content (AvgIpc) is 2.16. The maximum absolute atomic E-state index is 5.36. The summed E-state index contributed by atoms with van der Waals surface area (Å²) in [6, 6.07) is 6.47. The van der Waals surface area contributed by atoms with Gasteiger partial charge >= 0.3 is 0 Å². The van der Waals surface area contributed by atoms with Gasteiger partial charge in [0, 0.05) is 4.83 Å². The number of halogens is 1. The summed E-state index contributed by atoms with van der Waals surface area (Å²) in [5.74, 6) is 1.56. The quantitative estimate of drug-likeness (QED) is 0.748. The SMILES string of the molecule is COc1ccc(C(C)C)cc1CC(C)Br. The van der Waals surface area contributed by atoms with Crippen LogP contribution in [0.4, 0.5) is 0 Å². The third kappa shape index (κ3) is 3.53. The normalized spacial score (nSPS) is 12.9. The van der Waals surface area contributed by atoms with Crippen molar-refractivity contribution in [3.8, 4) is 5.75 Å². The zero-order valence-electron chi connectivity index (χ0n) is 9.88. The highest BCUT2D eigenvalue weighted by atomic mass is 79.9. The zero-order chi connectivity index (χ0) is 11.4. The molecule has 1 nitrogen and oxygen atoms in total. The molecule has 1 unspecified atom stereocenters. The molecule has 0 amide bonds. The molecule has 0 N–H and O–H groups in total. The van der Waals surface area contributed by atoms with E-state index in [9.17, 15) is 0 Å². The summed E-state index contributed by atoms with van der Waals surface area (Å²) < 4.78 is 5.36. The first-order chi connectivity index (χ1) is 7.04. The van der Waals surface area contributed by atoms with Crippen LogP contribution >= 0.6 is 15.9 Å². The number of benzene rings is 1. The maximum atomic E-state index is 5.36. The Morgan fingerprint density at radius 1 is 1.27 bits per heavy atom. The molecule has 1 aromatic carbocycles. The fourth-order valence-electron chi connectivity index (χ4n) is 1.62. The lowest BCUT2D eigenvalue weighted by atomic mass is 9.98. The van der Waals surface area contributed by atoms with E-state index < -0.39 is 0 Å². The zero-order valence-corrected chi connectivity index (χ0v) is 11.5. The first-order valence-corrected chi connectivity index (χ1v) is 6.27. The van der Waals surface area contributed by atoms with Crippen LogP contribution in [0.2, 0.25) is 0 Å². The molecule has 2 heteroatoms. The van der Waals surface area contributed by atoms with Crippen LogP contribution in [0.3, 0.4) is 0 Å². The molecule has 0 aliphatic carbocycles. The summed E-state index contributed by atoms with van der Waals surface area (Å²) in [5.41, 5.74) is 2.66. The van der Waals surface area contributed by atoms with E-state index in [2.05, 4.69) is 54.9 Å². The molecule has 84 valence electrons. The molecular formula is C13H19BrO. The van der Waals surface area contributed by atoms with E-state index >= 15 is 0 Å². The van der Waals surface area contributed by atoms with Crippen molar-refractivity contribution < 1.29 is 4.74 Å². The second kappa shape index (κ2) is 5.55. The topological polar surface area (TPSA) is 9.23 Å². The summed E-state index contributed by atoms with van der Waals surface area (Å²) >= 11 is 3.58. The summed E-state index contributed by atoms with van der Waals surface area (Å²) in [4.78, 5) is 0.480. The Kier molecular flexibility index (Phi) is 4.65. The first-order valence-electron chi connectivity index (χ1n) is 5.35. The molecule has 0 saturated carbocycles. The van der Waals surface area contributed by atoms with Crippen molar-refractivity contribution >= 4 is 15.9 Å². The average molecular weight is 271 g/mol. The van der Waals surface area contributed by atoms with Crippen LogP contribution in [0.25, 0.3) is 0 Å². The largest absolute Gasteiger partial charge is 0.496 e. The standard InChI is InChI=1S/C13H19BrO/c1-9(2)11-5-6-13(15-4)12(8-11)7-10(3)14/h5-6,8-10H,7H2,1-4H3. The molecule has 0 radical (unpaired) electrons. The fourth-order valence-corrected chi connectivity index (χ4v) is 1.97. The minimum Gasteiger partial charge on any atom is -0.496 e. The van der Waals surface area contributed by atoms with Gasteiger partial charge in [-0.25, -0.2) is 0 Å². The van der Waals surface area contributed by atoms with Crippen molar-refractivity contribution in [1.29, 1.82) is 0 Å². The fraction of sp³-hybridized carbons (Fsp3) is 0.538. The van der Waals surface area contributed by atoms with E-state index in [1.807, 2.05) is 0 Å². The van der Waals surface area contributed by atoms with Gasteiger partial charge in [-0.05, 0) is 29.5 Å². The number of methoxy groups -OCH3 is 1. The number of alkyl halides is 1. The number of hydrogen-bond acceptors (Lipinski definition) is 1. The first kappa shape index (κ1) is 12.6. The van der Waals surface area contributed by atoms with Crippen LogP contribution in [-0.2, 0) is 6.42 Å². The van der Waals surface area contributed by atoms with Crippen molar-refractivity contribution in [3.63, 3.8) is 0 Å². The molecule has 0 fully saturated rings. The predicted octanol–water partition coefficient (Wildman–Crippen LogP) is 4.14. The molecule has 0 spiro atoms. The van der Waals surface area contributed by atoms with Crippen LogP contribution in [0.5, 0.6) is 5.75 Å². The Hall–Kier alpha value is -0.500. The Balaban J connectivity index is 3.02. The van der Waals surface area contributed by atoms with Gasteiger partial charge in [0.2, 0.25) is 0 Å². The van der Waals surface area contributed by atoms with Crippen molar-refractivity contribution in [2.24, 2.45) is 0 Å². The van der Waals surface area contributed by atoms with Crippen LogP contribution < -0.4 is 4.74 Å². The Morgan fingerprint density at radius 3 is 2.40 bits per heavy atom. The van der Waals surface area contributed by atoms with Crippen LogP contribution in [0.1, 0.15) is 37.8 Å². The lowest BCUT2D eigenvalue weighted by molar-refractivity contribution is 0.409. The van der Waals surface area contributed by atoms with E-state index in [1.165, 1.54) is 11.1 Å². The highest BCUT2D eigenvalue weighted by molar-refractivity contribution is 9.09. The predicted molar refractivity (Wildman–Crippen MR) is 69.2 cm³/mol. The molecule has 0 aromatic heterocycles. The van der Waals surface area contributed by atoms with Gasteiger partial charge in [-0.3, -0.25) is 0 Å². The van der Waals surface area contributed by atoms with E-state index in [4.69, 9.17) is 4.74 Å².